The highest BCUT2D eigenvalue weighted by atomic mass is 35.5. The standard InChI is InChI=1S/C12H12ClNO3/c1-2-15-12-7-14-11(17-12)8-16-10-6-4-3-5-9(10)13/h3-7H,2,8H2,1H3. The molecule has 0 saturated heterocycles. The van der Waals surface area contributed by atoms with E-state index in [4.69, 9.17) is 25.5 Å². The molecule has 0 unspecified atom stereocenters. The Bertz CT molecular complexity index is 484. The Balaban J connectivity index is 1.95. The molecule has 0 atom stereocenters. The minimum absolute atomic E-state index is 0.219. The molecule has 0 bridgehead atoms. The third-order valence-corrected chi connectivity index (χ3v) is 2.32. The Hall–Kier alpha value is -1.68. The Morgan fingerprint density at radius 1 is 1.29 bits per heavy atom. The van der Waals surface area contributed by atoms with E-state index in [1.165, 1.54) is 6.20 Å². The van der Waals surface area contributed by atoms with Crippen molar-refractivity contribution in [3.63, 3.8) is 0 Å². The van der Waals surface area contributed by atoms with Gasteiger partial charge in [-0.3, -0.25) is 0 Å². The summed E-state index contributed by atoms with van der Waals surface area (Å²) < 4.78 is 15.9. The maximum absolute atomic E-state index is 5.94. The first-order chi connectivity index (χ1) is 8.29. The van der Waals surface area contributed by atoms with E-state index in [1.807, 2.05) is 19.1 Å². The van der Waals surface area contributed by atoms with Gasteiger partial charge in [-0.25, -0.2) is 4.98 Å². The van der Waals surface area contributed by atoms with Crippen LogP contribution in [0.4, 0.5) is 0 Å². The van der Waals surface area contributed by atoms with Crippen LogP contribution in [0.25, 0.3) is 0 Å². The highest BCUT2D eigenvalue weighted by Gasteiger charge is 2.06. The van der Waals surface area contributed by atoms with Crippen molar-refractivity contribution >= 4 is 11.6 Å². The summed E-state index contributed by atoms with van der Waals surface area (Å²) in [7, 11) is 0. The Labute approximate surface area is 104 Å². The lowest BCUT2D eigenvalue weighted by Gasteiger charge is -2.04. The number of rotatable bonds is 5. The van der Waals surface area contributed by atoms with Crippen LogP contribution in [0, 0.1) is 0 Å². The van der Waals surface area contributed by atoms with E-state index < -0.39 is 0 Å². The van der Waals surface area contributed by atoms with Crippen LogP contribution in [0.3, 0.4) is 0 Å². The second kappa shape index (κ2) is 5.59. The number of oxazole rings is 1. The number of aromatic nitrogens is 1. The third kappa shape index (κ3) is 3.14. The first kappa shape index (κ1) is 11.8. The molecule has 0 amide bonds. The van der Waals surface area contributed by atoms with E-state index in [1.54, 1.807) is 12.1 Å². The van der Waals surface area contributed by atoms with Crippen LogP contribution in [-0.2, 0) is 6.61 Å². The smallest absolute Gasteiger partial charge is 0.305 e. The maximum atomic E-state index is 5.94. The number of hydrogen-bond acceptors (Lipinski definition) is 4. The maximum Gasteiger partial charge on any atom is 0.305 e. The third-order valence-electron chi connectivity index (χ3n) is 2.01. The molecule has 0 aliphatic heterocycles. The lowest BCUT2D eigenvalue weighted by molar-refractivity contribution is 0.217. The monoisotopic (exact) mass is 253 g/mol. The fourth-order valence-corrected chi connectivity index (χ4v) is 1.46. The van der Waals surface area contributed by atoms with Gasteiger partial charge < -0.3 is 13.9 Å². The second-order valence-electron chi connectivity index (χ2n) is 3.23. The summed E-state index contributed by atoms with van der Waals surface area (Å²) in [6.45, 7) is 2.64. The highest BCUT2D eigenvalue weighted by molar-refractivity contribution is 6.32. The molecule has 0 aliphatic carbocycles. The van der Waals surface area contributed by atoms with Crippen molar-refractivity contribution in [2.45, 2.75) is 13.5 Å². The van der Waals surface area contributed by atoms with E-state index in [2.05, 4.69) is 4.98 Å². The lowest BCUT2D eigenvalue weighted by atomic mass is 10.3. The van der Waals surface area contributed by atoms with Gasteiger partial charge in [0.2, 0.25) is 5.89 Å². The molecule has 1 aromatic heterocycles. The molecule has 0 N–H and O–H groups in total. The van der Waals surface area contributed by atoms with Crippen molar-refractivity contribution in [2.24, 2.45) is 0 Å². The van der Waals surface area contributed by atoms with Crippen molar-refractivity contribution in [1.82, 2.24) is 4.98 Å². The largest absolute Gasteiger partial charge is 0.482 e. The van der Waals surface area contributed by atoms with Crippen molar-refractivity contribution in [3.8, 4) is 11.7 Å². The molecule has 90 valence electrons. The molecule has 0 spiro atoms. The zero-order valence-electron chi connectivity index (χ0n) is 9.35. The van der Waals surface area contributed by atoms with Crippen LogP contribution in [0.15, 0.2) is 34.9 Å². The fourth-order valence-electron chi connectivity index (χ4n) is 1.27. The van der Waals surface area contributed by atoms with Gasteiger partial charge in [-0.2, -0.15) is 0 Å². The fraction of sp³-hybridized carbons (Fsp3) is 0.250. The van der Waals surface area contributed by atoms with Crippen LogP contribution in [0.1, 0.15) is 12.8 Å². The van der Waals surface area contributed by atoms with E-state index in [-0.39, 0.29) is 6.61 Å². The number of hydrogen-bond donors (Lipinski definition) is 0. The topological polar surface area (TPSA) is 44.5 Å². The minimum Gasteiger partial charge on any atom is -0.482 e. The van der Waals surface area contributed by atoms with Gasteiger partial charge in [-0.1, -0.05) is 23.7 Å². The van der Waals surface area contributed by atoms with Crippen LogP contribution in [0.2, 0.25) is 5.02 Å². The predicted octanol–water partition coefficient (Wildman–Crippen LogP) is 3.31. The van der Waals surface area contributed by atoms with Crippen LogP contribution in [0.5, 0.6) is 11.7 Å². The Morgan fingerprint density at radius 2 is 2.12 bits per heavy atom. The van der Waals surface area contributed by atoms with Gasteiger partial charge in [-0.15, -0.1) is 0 Å². The molecule has 1 heterocycles. The molecule has 0 saturated carbocycles. The van der Waals surface area contributed by atoms with Gasteiger partial charge >= 0.3 is 5.95 Å². The number of halogens is 1. The molecule has 2 aromatic rings. The summed E-state index contributed by atoms with van der Waals surface area (Å²) in [6, 6.07) is 7.24. The van der Waals surface area contributed by atoms with Crippen LogP contribution < -0.4 is 9.47 Å². The van der Waals surface area contributed by atoms with E-state index in [0.717, 1.165) is 0 Å². The molecule has 5 heteroatoms. The van der Waals surface area contributed by atoms with Gasteiger partial charge in [0.1, 0.15) is 11.9 Å². The summed E-state index contributed by atoms with van der Waals surface area (Å²) in [5, 5.41) is 0.559. The average Bonchev–Trinajstić information content (AvgIpc) is 2.76. The van der Waals surface area contributed by atoms with Gasteiger partial charge in [0.25, 0.3) is 0 Å². The molecule has 0 fully saturated rings. The van der Waals surface area contributed by atoms with E-state index in [0.29, 0.717) is 29.2 Å². The lowest BCUT2D eigenvalue weighted by Crippen LogP contribution is -1.95. The van der Waals surface area contributed by atoms with Gasteiger partial charge in [-0.05, 0) is 19.1 Å². The number of para-hydroxylation sites is 1. The molecule has 2 rings (SSSR count). The average molecular weight is 254 g/mol. The number of ether oxygens (including phenoxy) is 2. The summed E-state index contributed by atoms with van der Waals surface area (Å²) in [5.41, 5.74) is 0. The molecule has 17 heavy (non-hydrogen) atoms. The van der Waals surface area contributed by atoms with Gasteiger partial charge in [0, 0.05) is 0 Å². The number of benzene rings is 1. The zero-order valence-corrected chi connectivity index (χ0v) is 10.1. The van der Waals surface area contributed by atoms with Gasteiger partial charge in [0.15, 0.2) is 6.61 Å². The molecule has 1 aromatic carbocycles. The first-order valence-corrected chi connectivity index (χ1v) is 5.62. The SMILES string of the molecule is CCOc1cnc(COc2ccccc2Cl)o1. The summed E-state index contributed by atoms with van der Waals surface area (Å²) in [4.78, 5) is 4.02. The van der Waals surface area contributed by atoms with Crippen molar-refractivity contribution in [3.05, 3.63) is 41.4 Å². The van der Waals surface area contributed by atoms with Crippen molar-refractivity contribution in [1.29, 1.82) is 0 Å². The zero-order chi connectivity index (χ0) is 12.1. The number of nitrogens with zero attached hydrogens (tertiary/aromatic N) is 1. The quantitative estimate of drug-likeness (QED) is 0.820. The molecular formula is C12H12ClNO3. The Morgan fingerprint density at radius 3 is 2.88 bits per heavy atom. The Kier molecular flexibility index (Phi) is 3.88. The van der Waals surface area contributed by atoms with E-state index >= 15 is 0 Å². The van der Waals surface area contributed by atoms with E-state index in [9.17, 15) is 0 Å². The summed E-state index contributed by atoms with van der Waals surface area (Å²) in [5.74, 6) is 1.45. The van der Waals surface area contributed by atoms with Crippen molar-refractivity contribution < 1.29 is 13.9 Å². The van der Waals surface area contributed by atoms with Crippen LogP contribution >= 0.6 is 11.6 Å². The molecule has 4 nitrogen and oxygen atoms in total. The molecule has 0 aliphatic rings. The van der Waals surface area contributed by atoms with Gasteiger partial charge in [0.05, 0.1) is 11.6 Å². The minimum atomic E-state index is 0.219. The van der Waals surface area contributed by atoms with Crippen molar-refractivity contribution in [2.75, 3.05) is 6.61 Å². The first-order valence-electron chi connectivity index (χ1n) is 5.24. The second-order valence-corrected chi connectivity index (χ2v) is 3.63. The molecule has 0 radical (unpaired) electrons. The predicted molar refractivity (Wildman–Crippen MR) is 63.5 cm³/mol. The normalized spacial score (nSPS) is 10.2. The summed E-state index contributed by atoms with van der Waals surface area (Å²) in [6.07, 6.45) is 1.52. The highest BCUT2D eigenvalue weighted by Crippen LogP contribution is 2.24. The van der Waals surface area contributed by atoms with Crippen LogP contribution in [-0.4, -0.2) is 11.6 Å². The summed E-state index contributed by atoms with van der Waals surface area (Å²) >= 11 is 5.94. The molecular weight excluding hydrogens is 242 g/mol.